The zero-order valence-corrected chi connectivity index (χ0v) is 15.9. The van der Waals surface area contributed by atoms with Crippen LogP contribution in [0.5, 0.6) is 0 Å². The molecule has 1 fully saturated rings. The number of rotatable bonds is 5. The third-order valence-electron chi connectivity index (χ3n) is 3.92. The van der Waals surface area contributed by atoms with Gasteiger partial charge in [-0.3, -0.25) is 9.59 Å². The van der Waals surface area contributed by atoms with Gasteiger partial charge in [-0.25, -0.2) is 0 Å². The molecule has 1 atom stereocenters. The predicted octanol–water partition coefficient (Wildman–Crippen LogP) is 3.25. The van der Waals surface area contributed by atoms with Gasteiger partial charge in [0.15, 0.2) is 5.17 Å². The number of aryl methyl sites for hydroxylation is 2. The quantitative estimate of drug-likeness (QED) is 0.617. The number of amides is 2. The summed E-state index contributed by atoms with van der Waals surface area (Å²) in [6, 6.07) is 15.4. The monoisotopic (exact) mass is 380 g/mol. The Balaban J connectivity index is 1.54. The van der Waals surface area contributed by atoms with Crippen LogP contribution in [0, 0.1) is 13.8 Å². The summed E-state index contributed by atoms with van der Waals surface area (Å²) in [7, 11) is 0. The Morgan fingerprint density at radius 1 is 1.11 bits per heavy atom. The van der Waals surface area contributed by atoms with E-state index in [1.165, 1.54) is 17.3 Å². The molecule has 2 N–H and O–H groups in total. The molecule has 1 saturated heterocycles. The average molecular weight is 380 g/mol. The molecule has 138 valence electrons. The van der Waals surface area contributed by atoms with Crippen LogP contribution in [0.1, 0.15) is 23.1 Å². The zero-order valence-electron chi connectivity index (χ0n) is 15.1. The van der Waals surface area contributed by atoms with E-state index < -0.39 is 5.25 Å². The van der Waals surface area contributed by atoms with Crippen molar-refractivity contribution in [3.63, 3.8) is 0 Å². The van der Waals surface area contributed by atoms with Crippen molar-refractivity contribution in [3.8, 4) is 0 Å². The van der Waals surface area contributed by atoms with Crippen LogP contribution in [0.3, 0.4) is 0 Å². The molecule has 2 aromatic rings. The summed E-state index contributed by atoms with van der Waals surface area (Å²) in [6.07, 6.45) is 1.70. The smallest absolute Gasteiger partial charge is 0.240 e. The second kappa shape index (κ2) is 8.64. The summed E-state index contributed by atoms with van der Waals surface area (Å²) in [5.41, 5.74) is 3.92. The van der Waals surface area contributed by atoms with Gasteiger partial charge in [-0.1, -0.05) is 59.3 Å². The number of nitrogens with zero attached hydrogens (tertiary/aromatic N) is 2. The maximum atomic E-state index is 12.2. The van der Waals surface area contributed by atoms with Gasteiger partial charge >= 0.3 is 0 Å². The molecule has 1 aliphatic heterocycles. The van der Waals surface area contributed by atoms with E-state index >= 15 is 0 Å². The van der Waals surface area contributed by atoms with Gasteiger partial charge in [-0.2, -0.15) is 5.10 Å². The van der Waals surface area contributed by atoms with E-state index in [0.717, 1.165) is 11.1 Å². The van der Waals surface area contributed by atoms with Crippen LogP contribution >= 0.6 is 11.8 Å². The summed E-state index contributed by atoms with van der Waals surface area (Å²) in [6.45, 7) is 3.99. The number of thioether (sulfide) groups is 1. The highest BCUT2D eigenvalue weighted by Crippen LogP contribution is 2.23. The molecule has 7 heteroatoms. The Hall–Kier alpha value is -2.93. The van der Waals surface area contributed by atoms with Crippen molar-refractivity contribution in [2.24, 2.45) is 10.2 Å². The maximum Gasteiger partial charge on any atom is 0.240 e. The van der Waals surface area contributed by atoms with Crippen LogP contribution in [0.25, 0.3) is 0 Å². The molecule has 2 aromatic carbocycles. The first-order chi connectivity index (χ1) is 13.0. The largest absolute Gasteiger partial charge is 0.326 e. The highest BCUT2D eigenvalue weighted by atomic mass is 32.2. The second-order valence-corrected chi connectivity index (χ2v) is 7.47. The van der Waals surface area contributed by atoms with Gasteiger partial charge in [0, 0.05) is 12.1 Å². The van der Waals surface area contributed by atoms with E-state index in [-0.39, 0.29) is 18.2 Å². The van der Waals surface area contributed by atoms with E-state index in [2.05, 4.69) is 20.8 Å². The minimum absolute atomic E-state index is 0.0745. The molecule has 0 aliphatic carbocycles. The first-order valence-corrected chi connectivity index (χ1v) is 9.39. The molecule has 0 saturated carbocycles. The van der Waals surface area contributed by atoms with E-state index in [9.17, 15) is 9.59 Å². The number of benzene rings is 2. The molecule has 27 heavy (non-hydrogen) atoms. The first kappa shape index (κ1) is 18.8. The van der Waals surface area contributed by atoms with Crippen molar-refractivity contribution in [1.82, 2.24) is 5.32 Å². The molecule has 1 unspecified atom stereocenters. The fourth-order valence-electron chi connectivity index (χ4n) is 2.40. The molecular formula is C20H20N4O2S. The lowest BCUT2D eigenvalue weighted by Crippen LogP contribution is -2.28. The van der Waals surface area contributed by atoms with Crippen LogP contribution in [-0.4, -0.2) is 28.4 Å². The lowest BCUT2D eigenvalue weighted by atomic mass is 10.2. The number of carbonyl (C=O) groups is 2. The van der Waals surface area contributed by atoms with Crippen molar-refractivity contribution in [3.05, 3.63) is 65.2 Å². The van der Waals surface area contributed by atoms with Crippen LogP contribution in [0.4, 0.5) is 5.69 Å². The summed E-state index contributed by atoms with van der Waals surface area (Å²) in [5.74, 6) is -0.445. The van der Waals surface area contributed by atoms with Gasteiger partial charge in [0.25, 0.3) is 0 Å². The molecule has 2 amide bonds. The predicted molar refractivity (Wildman–Crippen MR) is 110 cm³/mol. The molecule has 0 spiro atoms. The van der Waals surface area contributed by atoms with Gasteiger partial charge in [-0.15, -0.1) is 5.10 Å². The van der Waals surface area contributed by atoms with E-state index in [1.807, 2.05) is 62.4 Å². The van der Waals surface area contributed by atoms with Crippen molar-refractivity contribution in [1.29, 1.82) is 0 Å². The number of hydrogen-bond acceptors (Lipinski definition) is 5. The normalized spacial score (nSPS) is 18.1. The standard InChI is InChI=1S/C20H20N4O2S/c1-13-3-7-15(8-4-13)12-21-24-20-23-19(26)17(27-20)11-18(25)22-16-9-5-14(2)6-10-16/h3-10,12,17H,11H2,1-2H3,(H,22,25)(H,23,24,26). The third kappa shape index (κ3) is 5.52. The van der Waals surface area contributed by atoms with Crippen molar-refractivity contribution >= 4 is 40.6 Å². The Morgan fingerprint density at radius 3 is 2.41 bits per heavy atom. The van der Waals surface area contributed by atoms with Gasteiger partial charge in [0.05, 0.1) is 6.21 Å². The highest BCUT2D eigenvalue weighted by Gasteiger charge is 2.32. The number of anilines is 1. The van der Waals surface area contributed by atoms with Crippen LogP contribution in [0.15, 0.2) is 58.7 Å². The fraction of sp³-hybridized carbons (Fsp3) is 0.200. The Morgan fingerprint density at radius 2 is 1.74 bits per heavy atom. The summed E-state index contributed by atoms with van der Waals surface area (Å²) in [5, 5.41) is 13.4. The molecular weight excluding hydrogens is 360 g/mol. The SMILES string of the molecule is Cc1ccc(C=NN=C2NC(=O)C(CC(=O)Nc3ccc(C)cc3)S2)cc1. The first-order valence-electron chi connectivity index (χ1n) is 8.51. The number of carbonyl (C=O) groups excluding carboxylic acids is 2. The molecule has 0 aromatic heterocycles. The van der Waals surface area contributed by atoms with Gasteiger partial charge in [0.2, 0.25) is 11.8 Å². The van der Waals surface area contributed by atoms with Crippen molar-refractivity contribution < 1.29 is 9.59 Å². The fourth-order valence-corrected chi connectivity index (χ4v) is 3.33. The number of hydrogen-bond donors (Lipinski definition) is 2. The third-order valence-corrected chi connectivity index (χ3v) is 4.99. The van der Waals surface area contributed by atoms with Crippen LogP contribution < -0.4 is 10.6 Å². The topological polar surface area (TPSA) is 82.9 Å². The Labute approximate surface area is 162 Å². The summed E-state index contributed by atoms with van der Waals surface area (Å²) >= 11 is 1.21. The number of nitrogens with one attached hydrogen (secondary N) is 2. The minimum Gasteiger partial charge on any atom is -0.326 e. The Bertz CT molecular complexity index is 889. The summed E-state index contributed by atoms with van der Waals surface area (Å²) < 4.78 is 0. The van der Waals surface area contributed by atoms with Gasteiger partial charge in [0.1, 0.15) is 5.25 Å². The van der Waals surface area contributed by atoms with Crippen molar-refractivity contribution in [2.45, 2.75) is 25.5 Å². The molecule has 3 rings (SSSR count). The molecule has 0 radical (unpaired) electrons. The molecule has 1 aliphatic rings. The maximum absolute atomic E-state index is 12.2. The summed E-state index contributed by atoms with van der Waals surface area (Å²) in [4.78, 5) is 24.2. The van der Waals surface area contributed by atoms with E-state index in [1.54, 1.807) is 6.21 Å². The van der Waals surface area contributed by atoms with Gasteiger partial charge < -0.3 is 10.6 Å². The number of amidine groups is 1. The second-order valence-electron chi connectivity index (χ2n) is 6.27. The van der Waals surface area contributed by atoms with E-state index in [0.29, 0.717) is 10.9 Å². The van der Waals surface area contributed by atoms with Crippen LogP contribution in [-0.2, 0) is 9.59 Å². The van der Waals surface area contributed by atoms with Crippen LogP contribution in [0.2, 0.25) is 0 Å². The zero-order chi connectivity index (χ0) is 19.2. The van der Waals surface area contributed by atoms with Gasteiger partial charge in [-0.05, 0) is 31.5 Å². The molecule has 1 heterocycles. The lowest BCUT2D eigenvalue weighted by Gasteiger charge is -2.07. The lowest BCUT2D eigenvalue weighted by molar-refractivity contribution is -0.122. The highest BCUT2D eigenvalue weighted by molar-refractivity contribution is 8.15. The average Bonchev–Trinajstić information content (AvgIpc) is 2.98. The Kier molecular flexibility index (Phi) is 6.03. The van der Waals surface area contributed by atoms with Crippen molar-refractivity contribution in [2.75, 3.05) is 5.32 Å². The molecule has 0 bridgehead atoms. The minimum atomic E-state index is -0.510. The van der Waals surface area contributed by atoms with E-state index in [4.69, 9.17) is 0 Å². The molecule has 6 nitrogen and oxygen atoms in total.